The van der Waals surface area contributed by atoms with Crippen molar-refractivity contribution < 1.29 is 27.5 Å². The summed E-state index contributed by atoms with van der Waals surface area (Å²) in [6.45, 7) is 5.58. The number of nitrogens with zero attached hydrogens (tertiary/aromatic N) is 1. The van der Waals surface area contributed by atoms with Crippen molar-refractivity contribution in [2.75, 3.05) is 17.4 Å². The van der Waals surface area contributed by atoms with Gasteiger partial charge in [-0.1, -0.05) is 37.6 Å². The fourth-order valence-corrected chi connectivity index (χ4v) is 4.44. The lowest BCUT2D eigenvalue weighted by molar-refractivity contribution is -0.127. The van der Waals surface area contributed by atoms with E-state index in [2.05, 4.69) is 10.6 Å². The number of rotatable bonds is 10. The molecular weight excluding hydrogens is 446 g/mol. The highest BCUT2D eigenvalue weighted by Gasteiger charge is 2.26. The monoisotopic (exact) mass is 475 g/mol. The summed E-state index contributed by atoms with van der Waals surface area (Å²) in [7, 11) is -3.96. The molecule has 1 atom stereocenters. The predicted octanol–water partition coefficient (Wildman–Crippen LogP) is 3.07. The van der Waals surface area contributed by atoms with Gasteiger partial charge in [-0.15, -0.1) is 0 Å². The van der Waals surface area contributed by atoms with E-state index in [1.54, 1.807) is 37.3 Å². The molecule has 0 fully saturated rings. The standard InChI is InChI=1S/C23H29N3O6S/c1-4-6-15-26(19-12-8-7-9-13-19)33(30,31)20-14-10-11-18(16-20)22(28)32-17(3)21(27)25-23(29)24-5-2/h7-14,16-17H,4-6,15H2,1-3H3,(H2,24,25,27,29). The summed E-state index contributed by atoms with van der Waals surface area (Å²) in [5.74, 6) is -1.68. The van der Waals surface area contributed by atoms with Gasteiger partial charge >= 0.3 is 12.0 Å². The molecule has 2 rings (SSSR count). The number of hydrogen-bond donors (Lipinski definition) is 2. The minimum atomic E-state index is -3.96. The van der Waals surface area contributed by atoms with Crippen LogP contribution in [0.4, 0.5) is 10.5 Å². The van der Waals surface area contributed by atoms with Crippen molar-refractivity contribution in [3.05, 3.63) is 60.2 Å². The van der Waals surface area contributed by atoms with Crippen LogP contribution in [0.5, 0.6) is 0 Å². The Labute approximate surface area is 194 Å². The van der Waals surface area contributed by atoms with E-state index in [9.17, 15) is 22.8 Å². The van der Waals surface area contributed by atoms with E-state index >= 15 is 0 Å². The molecule has 9 nitrogen and oxygen atoms in total. The fourth-order valence-electron chi connectivity index (χ4n) is 2.90. The van der Waals surface area contributed by atoms with Crippen LogP contribution >= 0.6 is 0 Å². The van der Waals surface area contributed by atoms with E-state index in [0.29, 0.717) is 18.7 Å². The van der Waals surface area contributed by atoms with Crippen LogP contribution in [0.3, 0.4) is 0 Å². The second-order valence-corrected chi connectivity index (χ2v) is 9.05. The third-order valence-corrected chi connectivity index (χ3v) is 6.47. The van der Waals surface area contributed by atoms with Gasteiger partial charge in [-0.2, -0.15) is 0 Å². The zero-order valence-corrected chi connectivity index (χ0v) is 19.7. The molecule has 2 aromatic carbocycles. The van der Waals surface area contributed by atoms with Crippen LogP contribution in [0.15, 0.2) is 59.5 Å². The van der Waals surface area contributed by atoms with Crippen LogP contribution in [-0.2, 0) is 19.6 Å². The van der Waals surface area contributed by atoms with E-state index in [0.717, 1.165) is 6.42 Å². The van der Waals surface area contributed by atoms with E-state index in [1.807, 2.05) is 6.92 Å². The molecule has 2 N–H and O–H groups in total. The Morgan fingerprint density at radius 3 is 2.36 bits per heavy atom. The van der Waals surface area contributed by atoms with E-state index < -0.39 is 34.0 Å². The number of hydrogen-bond acceptors (Lipinski definition) is 6. The van der Waals surface area contributed by atoms with Crippen LogP contribution in [0, 0.1) is 0 Å². The first-order chi connectivity index (χ1) is 15.7. The molecule has 178 valence electrons. The number of amides is 3. The van der Waals surface area contributed by atoms with Gasteiger partial charge in [-0.05, 0) is 50.6 Å². The van der Waals surface area contributed by atoms with Crippen LogP contribution < -0.4 is 14.9 Å². The molecule has 0 aliphatic heterocycles. The van der Waals surface area contributed by atoms with E-state index in [-0.39, 0.29) is 17.0 Å². The Bertz CT molecular complexity index is 1070. The molecule has 33 heavy (non-hydrogen) atoms. The topological polar surface area (TPSA) is 122 Å². The summed E-state index contributed by atoms with van der Waals surface area (Å²) >= 11 is 0. The molecule has 0 aliphatic carbocycles. The molecule has 0 aromatic heterocycles. The van der Waals surface area contributed by atoms with Gasteiger partial charge in [0, 0.05) is 13.1 Å². The summed E-state index contributed by atoms with van der Waals surface area (Å²) in [4.78, 5) is 36.0. The third kappa shape index (κ3) is 7.04. The highest BCUT2D eigenvalue weighted by Crippen LogP contribution is 2.25. The fraction of sp³-hybridized carbons (Fsp3) is 0.348. The second kappa shape index (κ2) is 12.0. The van der Waals surface area contributed by atoms with Gasteiger partial charge in [0.2, 0.25) is 0 Å². The van der Waals surface area contributed by atoms with Gasteiger partial charge in [0.15, 0.2) is 6.10 Å². The van der Waals surface area contributed by atoms with Gasteiger partial charge in [0.1, 0.15) is 0 Å². The Morgan fingerprint density at radius 1 is 1.03 bits per heavy atom. The number of urea groups is 1. The SMILES string of the molecule is CCCCN(c1ccccc1)S(=O)(=O)c1cccc(C(=O)OC(C)C(=O)NC(=O)NCC)c1. The molecule has 0 bridgehead atoms. The van der Waals surface area contributed by atoms with E-state index in [4.69, 9.17) is 4.74 Å². The zero-order valence-electron chi connectivity index (χ0n) is 18.9. The number of imide groups is 1. The van der Waals surface area contributed by atoms with Gasteiger partial charge in [-0.3, -0.25) is 14.4 Å². The van der Waals surface area contributed by atoms with Crippen LogP contribution in [-0.4, -0.2) is 45.5 Å². The van der Waals surface area contributed by atoms with Crippen molar-refractivity contribution in [2.24, 2.45) is 0 Å². The quantitative estimate of drug-likeness (QED) is 0.509. The highest BCUT2D eigenvalue weighted by molar-refractivity contribution is 7.92. The van der Waals surface area contributed by atoms with Crippen LogP contribution in [0.25, 0.3) is 0 Å². The van der Waals surface area contributed by atoms with Crippen LogP contribution in [0.1, 0.15) is 44.0 Å². The lowest BCUT2D eigenvalue weighted by Gasteiger charge is -2.24. The predicted molar refractivity (Wildman–Crippen MR) is 124 cm³/mol. The van der Waals surface area contributed by atoms with Gasteiger partial charge < -0.3 is 10.1 Å². The molecule has 0 spiro atoms. The number of carbonyl (C=O) groups is 3. The van der Waals surface area contributed by atoms with Gasteiger partial charge in [0.25, 0.3) is 15.9 Å². The average Bonchev–Trinajstić information content (AvgIpc) is 2.80. The number of carbonyl (C=O) groups excluding carboxylic acids is 3. The minimum Gasteiger partial charge on any atom is -0.449 e. The first kappa shape index (κ1) is 25.9. The Balaban J connectivity index is 2.23. The summed E-state index contributed by atoms with van der Waals surface area (Å²) in [6.07, 6.45) is 0.209. The number of ether oxygens (including phenoxy) is 1. The first-order valence-electron chi connectivity index (χ1n) is 10.7. The van der Waals surface area contributed by atoms with Crippen LogP contribution in [0.2, 0.25) is 0 Å². The summed E-state index contributed by atoms with van der Waals surface area (Å²) in [6, 6.07) is 13.5. The van der Waals surface area contributed by atoms with Gasteiger partial charge in [0.05, 0.1) is 16.1 Å². The number of anilines is 1. The molecule has 2 aromatic rings. The lowest BCUT2D eigenvalue weighted by atomic mass is 10.2. The summed E-state index contributed by atoms with van der Waals surface area (Å²) in [5, 5.41) is 4.45. The molecular formula is C23H29N3O6S. The molecule has 0 saturated carbocycles. The minimum absolute atomic E-state index is 0.0303. The maximum atomic E-state index is 13.4. The number of para-hydroxylation sites is 1. The lowest BCUT2D eigenvalue weighted by Crippen LogP contribution is -2.44. The Morgan fingerprint density at radius 2 is 1.73 bits per heavy atom. The molecule has 3 amide bonds. The van der Waals surface area contributed by atoms with Crippen molar-refractivity contribution in [2.45, 2.75) is 44.6 Å². The number of sulfonamides is 1. The maximum Gasteiger partial charge on any atom is 0.338 e. The molecule has 0 saturated heterocycles. The van der Waals surface area contributed by atoms with Crippen molar-refractivity contribution in [3.63, 3.8) is 0 Å². The highest BCUT2D eigenvalue weighted by atomic mass is 32.2. The number of unbranched alkanes of at least 4 members (excludes halogenated alkanes) is 1. The molecule has 10 heteroatoms. The number of esters is 1. The maximum absolute atomic E-state index is 13.4. The third-order valence-electron chi connectivity index (χ3n) is 4.64. The molecule has 0 radical (unpaired) electrons. The number of nitrogens with one attached hydrogen (secondary N) is 2. The molecule has 0 aliphatic rings. The number of benzene rings is 2. The summed E-state index contributed by atoms with van der Waals surface area (Å²) in [5.41, 5.74) is 0.492. The van der Waals surface area contributed by atoms with Gasteiger partial charge in [-0.25, -0.2) is 18.0 Å². The molecule has 0 heterocycles. The summed E-state index contributed by atoms with van der Waals surface area (Å²) < 4.78 is 33.2. The Hall–Kier alpha value is -3.40. The van der Waals surface area contributed by atoms with Crippen molar-refractivity contribution in [1.29, 1.82) is 0 Å². The first-order valence-corrected chi connectivity index (χ1v) is 12.1. The van der Waals surface area contributed by atoms with Crippen molar-refractivity contribution >= 4 is 33.6 Å². The van der Waals surface area contributed by atoms with Crippen molar-refractivity contribution in [1.82, 2.24) is 10.6 Å². The largest absolute Gasteiger partial charge is 0.449 e. The second-order valence-electron chi connectivity index (χ2n) is 7.19. The average molecular weight is 476 g/mol. The normalized spacial score (nSPS) is 11.8. The van der Waals surface area contributed by atoms with E-state index in [1.165, 1.54) is 35.5 Å². The molecule has 1 unspecified atom stereocenters. The smallest absolute Gasteiger partial charge is 0.338 e. The van der Waals surface area contributed by atoms with Crippen molar-refractivity contribution in [3.8, 4) is 0 Å². The zero-order chi connectivity index (χ0) is 24.4. The Kier molecular flexibility index (Phi) is 9.41.